The van der Waals surface area contributed by atoms with Crippen molar-refractivity contribution in [3.05, 3.63) is 0 Å². The first kappa shape index (κ1) is 13.2. The Morgan fingerprint density at radius 1 is 1.31 bits per heavy atom. The summed E-state index contributed by atoms with van der Waals surface area (Å²) in [5.74, 6) is -0.740. The van der Waals surface area contributed by atoms with Gasteiger partial charge in [-0.15, -0.1) is 0 Å². The highest BCUT2D eigenvalue weighted by atomic mass is 16.2. The Balaban J connectivity index is 2.41. The lowest BCUT2D eigenvalue weighted by Gasteiger charge is -2.16. The van der Waals surface area contributed by atoms with Gasteiger partial charge in [0.25, 0.3) is 5.91 Å². The van der Waals surface area contributed by atoms with Gasteiger partial charge in [0.05, 0.1) is 6.04 Å². The Kier molecular flexibility index (Phi) is 5.46. The van der Waals surface area contributed by atoms with Gasteiger partial charge in [0.2, 0.25) is 5.78 Å². The minimum absolute atomic E-state index is 0.218. The third kappa shape index (κ3) is 3.59. The molecule has 0 aromatic heterocycles. The number of ketones is 1. The lowest BCUT2D eigenvalue weighted by Crippen LogP contribution is -2.46. The Labute approximate surface area is 97.2 Å². The molecule has 1 aliphatic carbocycles. The Morgan fingerprint density at radius 3 is 2.44 bits per heavy atom. The molecule has 4 nitrogen and oxygen atoms in total. The Bertz CT molecular complexity index is 247. The molecular formula is C12H22N2O2. The van der Waals surface area contributed by atoms with Crippen molar-refractivity contribution in [2.24, 2.45) is 0 Å². The predicted octanol–water partition coefficient (Wildman–Crippen LogP) is 1.00. The molecule has 0 bridgehead atoms. The van der Waals surface area contributed by atoms with E-state index in [0.29, 0.717) is 6.42 Å². The standard InChI is InChI=1S/C12H22N2O2/c1-3-6-10(13-2)11(15)12(16)14-9-7-4-5-8-9/h9-10,13H,3-8H2,1-2H3,(H,14,16). The number of likely N-dealkylation sites (N-methyl/N-ethyl adjacent to an activating group) is 1. The first-order valence-electron chi connectivity index (χ1n) is 6.21. The third-order valence-corrected chi connectivity index (χ3v) is 3.16. The maximum atomic E-state index is 11.8. The number of rotatable bonds is 6. The van der Waals surface area contributed by atoms with Gasteiger partial charge in [0, 0.05) is 6.04 Å². The first-order valence-corrected chi connectivity index (χ1v) is 6.21. The zero-order valence-electron chi connectivity index (χ0n) is 10.2. The van der Waals surface area contributed by atoms with E-state index in [1.165, 1.54) is 0 Å². The van der Waals surface area contributed by atoms with E-state index in [1.54, 1.807) is 7.05 Å². The van der Waals surface area contributed by atoms with Crippen LogP contribution in [0.3, 0.4) is 0 Å². The van der Waals surface area contributed by atoms with Crippen molar-refractivity contribution >= 4 is 11.7 Å². The number of amides is 1. The van der Waals surface area contributed by atoms with Crippen LogP contribution in [-0.2, 0) is 9.59 Å². The molecule has 0 spiro atoms. The van der Waals surface area contributed by atoms with Gasteiger partial charge in [-0.05, 0) is 26.3 Å². The largest absolute Gasteiger partial charge is 0.347 e. The smallest absolute Gasteiger partial charge is 0.289 e. The fraction of sp³-hybridized carbons (Fsp3) is 0.833. The SMILES string of the molecule is CCCC(NC)C(=O)C(=O)NC1CCCC1. The van der Waals surface area contributed by atoms with Gasteiger partial charge in [-0.3, -0.25) is 9.59 Å². The highest BCUT2D eigenvalue weighted by molar-refractivity contribution is 6.38. The van der Waals surface area contributed by atoms with Crippen LogP contribution in [0, 0.1) is 0 Å². The van der Waals surface area contributed by atoms with Crippen molar-refractivity contribution in [1.29, 1.82) is 0 Å². The molecule has 1 saturated carbocycles. The maximum Gasteiger partial charge on any atom is 0.289 e. The fourth-order valence-corrected chi connectivity index (χ4v) is 2.18. The lowest BCUT2D eigenvalue weighted by atomic mass is 10.1. The second kappa shape index (κ2) is 6.63. The summed E-state index contributed by atoms with van der Waals surface area (Å²) in [4.78, 5) is 23.5. The molecule has 0 saturated heterocycles. The first-order chi connectivity index (χ1) is 7.69. The summed E-state index contributed by atoms with van der Waals surface area (Å²) in [6, 6.07) is -0.109. The molecular weight excluding hydrogens is 204 g/mol. The quantitative estimate of drug-likeness (QED) is 0.664. The van der Waals surface area contributed by atoms with Crippen LogP contribution in [0.5, 0.6) is 0 Å². The number of hydrogen-bond acceptors (Lipinski definition) is 3. The molecule has 1 rings (SSSR count). The molecule has 1 amide bonds. The van der Waals surface area contributed by atoms with Gasteiger partial charge >= 0.3 is 0 Å². The van der Waals surface area contributed by atoms with Crippen molar-refractivity contribution < 1.29 is 9.59 Å². The van der Waals surface area contributed by atoms with Gasteiger partial charge < -0.3 is 10.6 Å². The summed E-state index contributed by atoms with van der Waals surface area (Å²) in [5, 5.41) is 5.72. The van der Waals surface area contributed by atoms with E-state index >= 15 is 0 Å². The van der Waals surface area contributed by atoms with E-state index < -0.39 is 5.91 Å². The molecule has 0 heterocycles. The molecule has 0 aliphatic heterocycles. The zero-order valence-corrected chi connectivity index (χ0v) is 10.2. The maximum absolute atomic E-state index is 11.8. The summed E-state index contributed by atoms with van der Waals surface area (Å²) >= 11 is 0. The van der Waals surface area contributed by atoms with Gasteiger partial charge in [-0.1, -0.05) is 26.2 Å². The average Bonchev–Trinajstić information content (AvgIpc) is 2.77. The van der Waals surface area contributed by atoms with Crippen LogP contribution in [-0.4, -0.2) is 30.8 Å². The van der Waals surface area contributed by atoms with Crippen molar-refractivity contribution in [2.45, 2.75) is 57.5 Å². The predicted molar refractivity (Wildman–Crippen MR) is 63.2 cm³/mol. The van der Waals surface area contributed by atoms with Gasteiger partial charge in [0.1, 0.15) is 0 Å². The summed E-state index contributed by atoms with van der Waals surface area (Å²) in [6.45, 7) is 2.01. The zero-order chi connectivity index (χ0) is 12.0. The van der Waals surface area contributed by atoms with Gasteiger partial charge in [-0.25, -0.2) is 0 Å². The van der Waals surface area contributed by atoms with Crippen LogP contribution in [0.1, 0.15) is 45.4 Å². The highest BCUT2D eigenvalue weighted by Crippen LogP contribution is 2.17. The fourth-order valence-electron chi connectivity index (χ4n) is 2.18. The summed E-state index contributed by atoms with van der Waals surface area (Å²) in [5.41, 5.74) is 0. The van der Waals surface area contributed by atoms with Crippen LogP contribution in [0.2, 0.25) is 0 Å². The highest BCUT2D eigenvalue weighted by Gasteiger charge is 2.26. The minimum atomic E-state index is -0.417. The second-order valence-electron chi connectivity index (χ2n) is 4.45. The number of hydrogen-bond donors (Lipinski definition) is 2. The Hall–Kier alpha value is -0.900. The van der Waals surface area contributed by atoms with E-state index in [9.17, 15) is 9.59 Å². The van der Waals surface area contributed by atoms with E-state index in [1.807, 2.05) is 6.92 Å². The third-order valence-electron chi connectivity index (χ3n) is 3.16. The van der Waals surface area contributed by atoms with Crippen LogP contribution < -0.4 is 10.6 Å². The number of carbonyl (C=O) groups is 2. The summed E-state index contributed by atoms with van der Waals surface area (Å²) < 4.78 is 0. The molecule has 92 valence electrons. The summed E-state index contributed by atoms with van der Waals surface area (Å²) in [6.07, 6.45) is 5.95. The minimum Gasteiger partial charge on any atom is -0.347 e. The molecule has 1 fully saturated rings. The number of nitrogens with one attached hydrogen (secondary N) is 2. The average molecular weight is 226 g/mol. The molecule has 1 unspecified atom stereocenters. The van der Waals surface area contributed by atoms with E-state index in [4.69, 9.17) is 0 Å². The Morgan fingerprint density at radius 2 is 1.94 bits per heavy atom. The molecule has 1 aliphatic rings. The molecule has 4 heteroatoms. The number of carbonyl (C=O) groups excluding carboxylic acids is 2. The normalized spacial score (nSPS) is 18.4. The molecule has 2 N–H and O–H groups in total. The van der Waals surface area contributed by atoms with Crippen LogP contribution in [0.4, 0.5) is 0 Å². The van der Waals surface area contributed by atoms with Gasteiger partial charge in [-0.2, -0.15) is 0 Å². The van der Waals surface area contributed by atoms with Crippen LogP contribution in [0.15, 0.2) is 0 Å². The second-order valence-corrected chi connectivity index (χ2v) is 4.45. The van der Waals surface area contributed by atoms with Crippen LogP contribution >= 0.6 is 0 Å². The van der Waals surface area contributed by atoms with Gasteiger partial charge in [0.15, 0.2) is 0 Å². The monoisotopic (exact) mass is 226 g/mol. The van der Waals surface area contributed by atoms with E-state index in [-0.39, 0.29) is 17.9 Å². The molecule has 0 aromatic carbocycles. The van der Waals surface area contributed by atoms with Crippen molar-refractivity contribution in [3.8, 4) is 0 Å². The molecule has 0 radical (unpaired) electrons. The number of Topliss-reactive ketones (excluding diaryl/α,β-unsaturated/α-hetero) is 1. The topological polar surface area (TPSA) is 58.2 Å². The lowest BCUT2D eigenvalue weighted by molar-refractivity contribution is -0.139. The molecule has 1 atom stereocenters. The van der Waals surface area contributed by atoms with E-state index in [0.717, 1.165) is 32.1 Å². The molecule has 0 aromatic rings. The summed E-state index contributed by atoms with van der Waals surface area (Å²) in [7, 11) is 1.72. The van der Waals surface area contributed by atoms with Crippen molar-refractivity contribution in [3.63, 3.8) is 0 Å². The van der Waals surface area contributed by atoms with Crippen LogP contribution in [0.25, 0.3) is 0 Å². The molecule has 16 heavy (non-hydrogen) atoms. The van der Waals surface area contributed by atoms with Crippen molar-refractivity contribution in [1.82, 2.24) is 10.6 Å². The van der Waals surface area contributed by atoms with E-state index in [2.05, 4.69) is 10.6 Å². The van der Waals surface area contributed by atoms with Crippen molar-refractivity contribution in [2.75, 3.05) is 7.05 Å².